The minimum absolute atomic E-state index is 0.0290. The highest BCUT2D eigenvalue weighted by Crippen LogP contribution is 2.24. The second kappa shape index (κ2) is 5.96. The molecule has 0 saturated carbocycles. The molecule has 96 valence electrons. The fourth-order valence-electron chi connectivity index (χ4n) is 1.71. The van der Waals surface area contributed by atoms with E-state index in [1.807, 2.05) is 13.8 Å². The van der Waals surface area contributed by atoms with Crippen LogP contribution in [0.15, 0.2) is 12.1 Å². The van der Waals surface area contributed by atoms with Gasteiger partial charge in [0.2, 0.25) is 0 Å². The van der Waals surface area contributed by atoms with Crippen molar-refractivity contribution in [2.24, 2.45) is 5.73 Å². The van der Waals surface area contributed by atoms with Crippen molar-refractivity contribution in [2.75, 3.05) is 18.5 Å². The highest BCUT2D eigenvalue weighted by Gasteiger charge is 2.15. The summed E-state index contributed by atoms with van der Waals surface area (Å²) in [6, 6.07) is 2.70. The molecule has 0 amide bonds. The van der Waals surface area contributed by atoms with Crippen LogP contribution in [0.25, 0.3) is 0 Å². The molecule has 2 nitrogen and oxygen atoms in total. The lowest BCUT2D eigenvalue weighted by Gasteiger charge is -2.19. The number of anilines is 1. The fourth-order valence-corrected chi connectivity index (χ4v) is 1.71. The molecule has 0 fully saturated rings. The lowest BCUT2D eigenvalue weighted by molar-refractivity contribution is 0.569. The van der Waals surface area contributed by atoms with Gasteiger partial charge in [0.1, 0.15) is 17.3 Å². The van der Waals surface area contributed by atoms with Crippen LogP contribution in [0.2, 0.25) is 0 Å². The standard InChI is InChI=1S/C13H20F2N2/c1-4-10(16)6-9-7-11(14)13(12(15)8-9)17(3)5-2/h7-8,10H,4-6,16H2,1-3H3. The van der Waals surface area contributed by atoms with Gasteiger partial charge in [-0.25, -0.2) is 8.78 Å². The minimum Gasteiger partial charge on any atom is -0.370 e. The van der Waals surface area contributed by atoms with E-state index in [2.05, 4.69) is 0 Å². The monoisotopic (exact) mass is 242 g/mol. The fraction of sp³-hybridized carbons (Fsp3) is 0.538. The summed E-state index contributed by atoms with van der Waals surface area (Å²) < 4.78 is 27.6. The van der Waals surface area contributed by atoms with E-state index in [0.717, 1.165) is 6.42 Å². The molecule has 4 heteroatoms. The highest BCUT2D eigenvalue weighted by atomic mass is 19.1. The van der Waals surface area contributed by atoms with Crippen molar-refractivity contribution in [3.05, 3.63) is 29.3 Å². The smallest absolute Gasteiger partial charge is 0.149 e. The molecule has 0 bridgehead atoms. The van der Waals surface area contributed by atoms with Crippen LogP contribution < -0.4 is 10.6 Å². The summed E-state index contributed by atoms with van der Waals surface area (Å²) in [6.07, 6.45) is 1.29. The molecule has 1 rings (SSSR count). The summed E-state index contributed by atoms with van der Waals surface area (Å²) in [6.45, 7) is 4.36. The van der Waals surface area contributed by atoms with E-state index in [1.54, 1.807) is 11.9 Å². The van der Waals surface area contributed by atoms with Crippen molar-refractivity contribution >= 4 is 5.69 Å². The maximum absolute atomic E-state index is 13.8. The van der Waals surface area contributed by atoms with Gasteiger partial charge in [0.25, 0.3) is 0 Å². The Hall–Kier alpha value is -1.16. The van der Waals surface area contributed by atoms with Gasteiger partial charge in [-0.1, -0.05) is 6.92 Å². The van der Waals surface area contributed by atoms with Crippen LogP contribution in [-0.2, 0) is 6.42 Å². The minimum atomic E-state index is -0.521. The highest BCUT2D eigenvalue weighted by molar-refractivity contribution is 5.50. The first kappa shape index (κ1) is 13.9. The number of rotatable bonds is 5. The molecule has 1 aromatic rings. The molecular weight excluding hydrogens is 222 g/mol. The predicted octanol–water partition coefficient (Wildman–Crippen LogP) is 2.70. The molecule has 2 N–H and O–H groups in total. The summed E-state index contributed by atoms with van der Waals surface area (Å²) in [5.74, 6) is -1.04. The van der Waals surface area contributed by atoms with Crippen LogP contribution in [0.4, 0.5) is 14.5 Å². The maximum atomic E-state index is 13.8. The largest absolute Gasteiger partial charge is 0.370 e. The van der Waals surface area contributed by atoms with Crippen LogP contribution in [0.1, 0.15) is 25.8 Å². The Morgan fingerprint density at radius 1 is 1.24 bits per heavy atom. The Balaban J connectivity index is 3.01. The second-order valence-corrected chi connectivity index (χ2v) is 4.29. The number of benzene rings is 1. The van der Waals surface area contributed by atoms with Gasteiger partial charge in [-0.15, -0.1) is 0 Å². The number of hydrogen-bond donors (Lipinski definition) is 1. The molecule has 0 aliphatic rings. The van der Waals surface area contributed by atoms with Gasteiger partial charge in [0.15, 0.2) is 0 Å². The third-order valence-corrected chi connectivity index (χ3v) is 2.96. The molecule has 0 aromatic heterocycles. The van der Waals surface area contributed by atoms with Crippen molar-refractivity contribution in [1.82, 2.24) is 0 Å². The van der Waals surface area contributed by atoms with Crippen LogP contribution in [0, 0.1) is 11.6 Å². The second-order valence-electron chi connectivity index (χ2n) is 4.29. The molecule has 17 heavy (non-hydrogen) atoms. The van der Waals surface area contributed by atoms with Gasteiger partial charge in [-0.3, -0.25) is 0 Å². The van der Waals surface area contributed by atoms with E-state index in [-0.39, 0.29) is 11.7 Å². The Bertz CT molecular complexity index is 357. The van der Waals surface area contributed by atoms with Gasteiger partial charge in [0, 0.05) is 19.6 Å². The molecule has 0 aliphatic heterocycles. The number of nitrogens with two attached hydrogens (primary N) is 1. The molecule has 0 heterocycles. The zero-order chi connectivity index (χ0) is 13.0. The normalized spacial score (nSPS) is 12.6. The van der Waals surface area contributed by atoms with Gasteiger partial charge < -0.3 is 10.6 Å². The van der Waals surface area contributed by atoms with Gasteiger partial charge in [0.05, 0.1) is 0 Å². The van der Waals surface area contributed by atoms with Crippen molar-refractivity contribution in [3.63, 3.8) is 0 Å². The topological polar surface area (TPSA) is 29.3 Å². The summed E-state index contributed by atoms with van der Waals surface area (Å²) in [4.78, 5) is 1.55. The zero-order valence-corrected chi connectivity index (χ0v) is 10.6. The quantitative estimate of drug-likeness (QED) is 0.860. The summed E-state index contributed by atoms with van der Waals surface area (Å²) >= 11 is 0. The van der Waals surface area contributed by atoms with Crippen molar-refractivity contribution in [2.45, 2.75) is 32.7 Å². The van der Waals surface area contributed by atoms with E-state index in [1.165, 1.54) is 12.1 Å². The molecule has 1 aromatic carbocycles. The molecule has 0 spiro atoms. The molecule has 0 saturated heterocycles. The van der Waals surface area contributed by atoms with Gasteiger partial charge in [-0.2, -0.15) is 0 Å². The first-order valence-corrected chi connectivity index (χ1v) is 5.94. The molecule has 1 atom stereocenters. The van der Waals surface area contributed by atoms with Crippen molar-refractivity contribution in [3.8, 4) is 0 Å². The van der Waals surface area contributed by atoms with Crippen LogP contribution in [0.3, 0.4) is 0 Å². The first-order chi connectivity index (χ1) is 7.99. The molecule has 0 aliphatic carbocycles. The van der Waals surface area contributed by atoms with E-state index in [4.69, 9.17) is 5.73 Å². The predicted molar refractivity (Wildman–Crippen MR) is 67.3 cm³/mol. The van der Waals surface area contributed by atoms with E-state index >= 15 is 0 Å². The summed E-state index contributed by atoms with van der Waals surface area (Å²) in [5.41, 5.74) is 6.42. The number of hydrogen-bond acceptors (Lipinski definition) is 2. The van der Waals surface area contributed by atoms with E-state index in [9.17, 15) is 8.78 Å². The summed E-state index contributed by atoms with van der Waals surface area (Å²) in [5, 5.41) is 0. The van der Waals surface area contributed by atoms with E-state index < -0.39 is 11.6 Å². The number of nitrogens with zero attached hydrogens (tertiary/aromatic N) is 1. The van der Waals surface area contributed by atoms with E-state index in [0.29, 0.717) is 18.5 Å². The van der Waals surface area contributed by atoms with Crippen LogP contribution in [-0.4, -0.2) is 19.6 Å². The first-order valence-electron chi connectivity index (χ1n) is 5.94. The summed E-state index contributed by atoms with van der Waals surface area (Å²) in [7, 11) is 1.67. The Morgan fingerprint density at radius 3 is 2.18 bits per heavy atom. The molecule has 0 radical (unpaired) electrons. The van der Waals surface area contributed by atoms with Crippen molar-refractivity contribution < 1.29 is 8.78 Å². The van der Waals surface area contributed by atoms with Crippen molar-refractivity contribution in [1.29, 1.82) is 0 Å². The Labute approximate surface area is 101 Å². The van der Waals surface area contributed by atoms with Gasteiger partial charge in [-0.05, 0) is 37.5 Å². The number of halogens is 2. The van der Waals surface area contributed by atoms with Crippen LogP contribution in [0.5, 0.6) is 0 Å². The molecule has 1 unspecified atom stereocenters. The average Bonchev–Trinajstić information content (AvgIpc) is 2.27. The lowest BCUT2D eigenvalue weighted by atomic mass is 10.0. The lowest BCUT2D eigenvalue weighted by Crippen LogP contribution is -2.22. The molecular formula is C13H20F2N2. The maximum Gasteiger partial charge on any atom is 0.149 e. The third-order valence-electron chi connectivity index (χ3n) is 2.96. The zero-order valence-electron chi connectivity index (χ0n) is 10.6. The SMILES string of the molecule is CCC(N)Cc1cc(F)c(N(C)CC)c(F)c1. The average molecular weight is 242 g/mol. The van der Waals surface area contributed by atoms with Gasteiger partial charge >= 0.3 is 0 Å². The third kappa shape index (κ3) is 3.40. The Kier molecular flexibility index (Phi) is 4.87. The Morgan fingerprint density at radius 2 is 1.76 bits per heavy atom. The van der Waals surface area contributed by atoms with Crippen LogP contribution >= 0.6 is 0 Å².